The van der Waals surface area contributed by atoms with E-state index in [1.54, 1.807) is 0 Å². The third kappa shape index (κ3) is 2.55. The van der Waals surface area contributed by atoms with Crippen molar-refractivity contribution in [1.29, 1.82) is 0 Å². The van der Waals surface area contributed by atoms with Gasteiger partial charge in [0.05, 0.1) is 6.04 Å². The zero-order chi connectivity index (χ0) is 11.4. The Bertz CT molecular complexity index is 238. The summed E-state index contributed by atoms with van der Waals surface area (Å²) in [6, 6.07) is 0.649. The first-order valence-electron chi connectivity index (χ1n) is 6.56. The van der Waals surface area contributed by atoms with Crippen LogP contribution in [0.15, 0.2) is 0 Å². The molecule has 0 aromatic carbocycles. The Hall–Kier alpha value is -0.610. The highest BCUT2D eigenvalue weighted by Crippen LogP contribution is 2.26. The molecule has 1 saturated carbocycles. The van der Waals surface area contributed by atoms with Crippen LogP contribution in [-0.4, -0.2) is 42.5 Å². The van der Waals surface area contributed by atoms with E-state index in [0.717, 1.165) is 25.9 Å². The van der Waals surface area contributed by atoms with Gasteiger partial charge in [-0.05, 0) is 32.2 Å². The third-order valence-corrected chi connectivity index (χ3v) is 3.83. The van der Waals surface area contributed by atoms with Crippen molar-refractivity contribution >= 4 is 5.91 Å². The van der Waals surface area contributed by atoms with E-state index in [-0.39, 0.29) is 11.9 Å². The predicted octanol–water partition coefficient (Wildman–Crippen LogP) is 0.468. The van der Waals surface area contributed by atoms with Crippen LogP contribution in [0, 0.1) is 0 Å². The lowest BCUT2D eigenvalue weighted by molar-refractivity contribution is -0.126. The van der Waals surface area contributed by atoms with E-state index in [9.17, 15) is 4.79 Å². The van der Waals surface area contributed by atoms with Crippen LogP contribution in [0.25, 0.3) is 0 Å². The number of hydrogen-bond acceptors (Lipinski definition) is 3. The number of carbonyl (C=O) groups is 1. The van der Waals surface area contributed by atoms with Gasteiger partial charge in [-0.3, -0.25) is 9.69 Å². The largest absolute Gasteiger partial charge is 0.355 e. The minimum absolute atomic E-state index is 0.0237. The molecule has 0 aromatic heterocycles. The fraction of sp³-hybridized carbons (Fsp3) is 0.917. The highest BCUT2D eigenvalue weighted by atomic mass is 16.2. The van der Waals surface area contributed by atoms with Crippen LogP contribution >= 0.6 is 0 Å². The number of nitrogens with two attached hydrogens (primary N) is 1. The predicted molar refractivity (Wildman–Crippen MR) is 64.0 cm³/mol. The molecule has 1 atom stereocenters. The summed E-state index contributed by atoms with van der Waals surface area (Å²) in [5.41, 5.74) is 5.63. The summed E-state index contributed by atoms with van der Waals surface area (Å²) in [4.78, 5) is 14.4. The quantitative estimate of drug-likeness (QED) is 0.734. The van der Waals surface area contributed by atoms with E-state index in [2.05, 4.69) is 10.2 Å². The van der Waals surface area contributed by atoms with Gasteiger partial charge in [0.2, 0.25) is 5.91 Å². The highest BCUT2D eigenvalue weighted by Gasteiger charge is 2.33. The average molecular weight is 225 g/mol. The lowest BCUT2D eigenvalue weighted by atomic mass is 10.1. The summed E-state index contributed by atoms with van der Waals surface area (Å²) in [5, 5.41) is 3.00. The number of nitrogens with zero attached hydrogens (tertiary/aromatic N) is 1. The Morgan fingerprint density at radius 1 is 1.31 bits per heavy atom. The monoisotopic (exact) mass is 225 g/mol. The van der Waals surface area contributed by atoms with E-state index in [4.69, 9.17) is 5.73 Å². The molecule has 4 nitrogen and oxygen atoms in total. The van der Waals surface area contributed by atoms with Gasteiger partial charge in [-0.25, -0.2) is 0 Å². The molecule has 1 aliphatic heterocycles. The van der Waals surface area contributed by atoms with Crippen molar-refractivity contribution in [2.45, 2.75) is 50.6 Å². The summed E-state index contributed by atoms with van der Waals surface area (Å²) in [5.74, 6) is 0.190. The molecule has 1 saturated heterocycles. The van der Waals surface area contributed by atoms with Gasteiger partial charge in [0, 0.05) is 19.1 Å². The molecular weight excluding hydrogens is 202 g/mol. The number of amides is 1. The van der Waals surface area contributed by atoms with Crippen LogP contribution in [0.5, 0.6) is 0 Å². The molecule has 0 aromatic rings. The fourth-order valence-electron chi connectivity index (χ4n) is 3.03. The SMILES string of the molecule is NCCC1C(=O)NCCCN1C1CCCC1. The topological polar surface area (TPSA) is 58.4 Å². The lowest BCUT2D eigenvalue weighted by Gasteiger charge is -2.33. The minimum Gasteiger partial charge on any atom is -0.355 e. The fourth-order valence-corrected chi connectivity index (χ4v) is 3.03. The molecule has 1 heterocycles. The molecule has 1 aliphatic carbocycles. The zero-order valence-electron chi connectivity index (χ0n) is 9.95. The maximum absolute atomic E-state index is 12.0. The molecule has 16 heavy (non-hydrogen) atoms. The lowest BCUT2D eigenvalue weighted by Crippen LogP contribution is -2.49. The van der Waals surface area contributed by atoms with Crippen molar-refractivity contribution < 1.29 is 4.79 Å². The van der Waals surface area contributed by atoms with E-state index in [1.807, 2.05) is 0 Å². The molecule has 92 valence electrons. The summed E-state index contributed by atoms with van der Waals surface area (Å²) >= 11 is 0. The second-order valence-corrected chi connectivity index (χ2v) is 4.91. The van der Waals surface area contributed by atoms with Crippen LogP contribution in [-0.2, 0) is 4.79 Å². The zero-order valence-corrected chi connectivity index (χ0v) is 9.95. The van der Waals surface area contributed by atoms with Crippen LogP contribution in [0.4, 0.5) is 0 Å². The Labute approximate surface area is 97.6 Å². The normalized spacial score (nSPS) is 29.1. The van der Waals surface area contributed by atoms with E-state index in [1.165, 1.54) is 25.7 Å². The Morgan fingerprint density at radius 2 is 2.06 bits per heavy atom. The van der Waals surface area contributed by atoms with Crippen molar-refractivity contribution in [1.82, 2.24) is 10.2 Å². The number of rotatable bonds is 3. The van der Waals surface area contributed by atoms with Gasteiger partial charge in [0.25, 0.3) is 0 Å². The molecule has 2 rings (SSSR count). The molecule has 2 fully saturated rings. The maximum atomic E-state index is 12.0. The van der Waals surface area contributed by atoms with Crippen molar-refractivity contribution in [3.63, 3.8) is 0 Å². The molecule has 0 radical (unpaired) electrons. The molecule has 1 unspecified atom stereocenters. The standard InChI is InChI=1S/C12H23N3O/c13-7-6-11-12(16)14-8-3-9-15(11)10-4-1-2-5-10/h10-11H,1-9,13H2,(H,14,16). The summed E-state index contributed by atoms with van der Waals surface area (Å²) < 4.78 is 0. The van der Waals surface area contributed by atoms with Gasteiger partial charge in [-0.2, -0.15) is 0 Å². The van der Waals surface area contributed by atoms with E-state index < -0.39 is 0 Å². The number of hydrogen-bond donors (Lipinski definition) is 2. The van der Waals surface area contributed by atoms with E-state index >= 15 is 0 Å². The first-order chi connectivity index (χ1) is 7.83. The van der Waals surface area contributed by atoms with Crippen molar-refractivity contribution in [3.8, 4) is 0 Å². The van der Waals surface area contributed by atoms with Crippen LogP contribution < -0.4 is 11.1 Å². The number of nitrogens with one attached hydrogen (secondary N) is 1. The van der Waals surface area contributed by atoms with Gasteiger partial charge < -0.3 is 11.1 Å². The Morgan fingerprint density at radius 3 is 2.75 bits per heavy atom. The second-order valence-electron chi connectivity index (χ2n) is 4.91. The van der Waals surface area contributed by atoms with E-state index in [0.29, 0.717) is 12.6 Å². The molecule has 1 amide bonds. The van der Waals surface area contributed by atoms with Crippen LogP contribution in [0.1, 0.15) is 38.5 Å². The molecule has 4 heteroatoms. The summed E-state index contributed by atoms with van der Waals surface area (Å²) in [6.07, 6.45) is 7.02. The second kappa shape index (κ2) is 5.64. The van der Waals surface area contributed by atoms with Gasteiger partial charge >= 0.3 is 0 Å². The average Bonchev–Trinajstić information content (AvgIpc) is 2.74. The Balaban J connectivity index is 2.06. The van der Waals surface area contributed by atoms with Crippen molar-refractivity contribution in [2.75, 3.05) is 19.6 Å². The molecule has 0 bridgehead atoms. The minimum atomic E-state index is 0.0237. The number of carbonyl (C=O) groups excluding carboxylic acids is 1. The first kappa shape index (κ1) is 11.9. The van der Waals surface area contributed by atoms with Crippen molar-refractivity contribution in [2.24, 2.45) is 5.73 Å². The van der Waals surface area contributed by atoms with Crippen LogP contribution in [0.2, 0.25) is 0 Å². The van der Waals surface area contributed by atoms with Crippen LogP contribution in [0.3, 0.4) is 0 Å². The molecule has 3 N–H and O–H groups in total. The Kier molecular flexibility index (Phi) is 4.18. The summed E-state index contributed by atoms with van der Waals surface area (Å²) in [7, 11) is 0. The first-order valence-corrected chi connectivity index (χ1v) is 6.56. The van der Waals surface area contributed by atoms with Gasteiger partial charge in [0.15, 0.2) is 0 Å². The smallest absolute Gasteiger partial charge is 0.237 e. The van der Waals surface area contributed by atoms with Gasteiger partial charge in [-0.1, -0.05) is 12.8 Å². The third-order valence-electron chi connectivity index (χ3n) is 3.83. The molecule has 0 spiro atoms. The molecule has 2 aliphatic rings. The van der Waals surface area contributed by atoms with Gasteiger partial charge in [-0.15, -0.1) is 0 Å². The molecular formula is C12H23N3O. The maximum Gasteiger partial charge on any atom is 0.237 e. The van der Waals surface area contributed by atoms with Crippen molar-refractivity contribution in [3.05, 3.63) is 0 Å². The van der Waals surface area contributed by atoms with Gasteiger partial charge in [0.1, 0.15) is 0 Å². The highest BCUT2D eigenvalue weighted by molar-refractivity contribution is 5.82. The summed E-state index contributed by atoms with van der Waals surface area (Å²) in [6.45, 7) is 2.47.